The SMILES string of the molecule is CC(C)(C)C1N[CH]CN1. The molecule has 0 aliphatic carbocycles. The Morgan fingerprint density at radius 1 is 1.44 bits per heavy atom. The molecule has 1 aliphatic rings. The average molecular weight is 127 g/mol. The van der Waals surface area contributed by atoms with Gasteiger partial charge in [-0.1, -0.05) is 20.8 Å². The summed E-state index contributed by atoms with van der Waals surface area (Å²) in [4.78, 5) is 0. The first-order chi connectivity index (χ1) is 4.11. The quantitative estimate of drug-likeness (QED) is 0.501. The van der Waals surface area contributed by atoms with Crippen molar-refractivity contribution in [2.24, 2.45) is 5.41 Å². The molecule has 1 radical (unpaired) electrons. The van der Waals surface area contributed by atoms with E-state index in [-0.39, 0.29) is 0 Å². The van der Waals surface area contributed by atoms with Crippen molar-refractivity contribution >= 4 is 0 Å². The van der Waals surface area contributed by atoms with Crippen LogP contribution in [-0.2, 0) is 0 Å². The molecule has 0 aromatic carbocycles. The summed E-state index contributed by atoms with van der Waals surface area (Å²) in [6, 6.07) is 0. The van der Waals surface area contributed by atoms with Crippen LogP contribution >= 0.6 is 0 Å². The zero-order chi connectivity index (χ0) is 6.91. The van der Waals surface area contributed by atoms with Gasteiger partial charge >= 0.3 is 0 Å². The Labute approximate surface area is 57.0 Å². The van der Waals surface area contributed by atoms with E-state index >= 15 is 0 Å². The number of hydrogen-bond donors (Lipinski definition) is 2. The fraction of sp³-hybridized carbons (Fsp3) is 0.857. The van der Waals surface area contributed by atoms with Crippen molar-refractivity contribution in [3.63, 3.8) is 0 Å². The van der Waals surface area contributed by atoms with Crippen molar-refractivity contribution in [1.29, 1.82) is 0 Å². The molecule has 1 aliphatic heterocycles. The first-order valence-electron chi connectivity index (χ1n) is 3.42. The van der Waals surface area contributed by atoms with Gasteiger partial charge in [-0.2, -0.15) is 0 Å². The van der Waals surface area contributed by atoms with Crippen LogP contribution < -0.4 is 10.6 Å². The van der Waals surface area contributed by atoms with Gasteiger partial charge in [-0.25, -0.2) is 0 Å². The Bertz CT molecular complexity index is 87.6. The molecular weight excluding hydrogens is 112 g/mol. The third kappa shape index (κ3) is 1.66. The second kappa shape index (κ2) is 2.27. The molecule has 9 heavy (non-hydrogen) atoms. The van der Waals surface area contributed by atoms with Crippen molar-refractivity contribution in [2.45, 2.75) is 26.9 Å². The van der Waals surface area contributed by atoms with Gasteiger partial charge in [0.2, 0.25) is 0 Å². The lowest BCUT2D eigenvalue weighted by atomic mass is 9.93. The molecule has 1 unspecified atom stereocenters. The molecule has 53 valence electrons. The topological polar surface area (TPSA) is 24.1 Å². The minimum absolute atomic E-state index is 0.326. The van der Waals surface area contributed by atoms with E-state index in [1.54, 1.807) is 0 Å². The van der Waals surface area contributed by atoms with Gasteiger partial charge in [-0.05, 0) is 5.41 Å². The van der Waals surface area contributed by atoms with Gasteiger partial charge in [0.25, 0.3) is 0 Å². The van der Waals surface area contributed by atoms with Gasteiger partial charge in [-0.15, -0.1) is 0 Å². The second-order valence-corrected chi connectivity index (χ2v) is 3.58. The summed E-state index contributed by atoms with van der Waals surface area (Å²) in [6.45, 7) is 9.71. The van der Waals surface area contributed by atoms with Gasteiger partial charge in [0.05, 0.1) is 6.17 Å². The second-order valence-electron chi connectivity index (χ2n) is 3.58. The lowest BCUT2D eigenvalue weighted by Gasteiger charge is -2.26. The first-order valence-corrected chi connectivity index (χ1v) is 3.42. The Hall–Kier alpha value is -0.0800. The van der Waals surface area contributed by atoms with Crippen LogP contribution in [0.4, 0.5) is 0 Å². The van der Waals surface area contributed by atoms with Gasteiger partial charge in [-0.3, -0.25) is 10.6 Å². The molecule has 0 amide bonds. The molecule has 1 rings (SSSR count). The largest absolute Gasteiger partial charge is 0.300 e. The van der Waals surface area contributed by atoms with Gasteiger partial charge < -0.3 is 0 Å². The van der Waals surface area contributed by atoms with E-state index in [9.17, 15) is 0 Å². The van der Waals surface area contributed by atoms with Crippen LogP contribution in [-0.4, -0.2) is 12.7 Å². The summed E-state index contributed by atoms with van der Waals surface area (Å²) in [7, 11) is 0. The fourth-order valence-corrected chi connectivity index (χ4v) is 0.969. The van der Waals surface area contributed by atoms with Crippen molar-refractivity contribution in [3.8, 4) is 0 Å². The van der Waals surface area contributed by atoms with Crippen LogP contribution in [0.1, 0.15) is 20.8 Å². The minimum Gasteiger partial charge on any atom is -0.300 e. The van der Waals surface area contributed by atoms with Crippen LogP contribution in [0.2, 0.25) is 0 Å². The molecular formula is C7H15N2. The summed E-state index contributed by atoms with van der Waals surface area (Å²) >= 11 is 0. The van der Waals surface area contributed by atoms with E-state index < -0.39 is 0 Å². The van der Waals surface area contributed by atoms with Crippen molar-refractivity contribution < 1.29 is 0 Å². The molecule has 0 aromatic heterocycles. The van der Waals surface area contributed by atoms with Crippen LogP contribution in [0, 0.1) is 12.0 Å². The Morgan fingerprint density at radius 3 is 2.33 bits per heavy atom. The van der Waals surface area contributed by atoms with Gasteiger partial charge in [0.1, 0.15) is 0 Å². The first kappa shape index (κ1) is 7.03. The maximum atomic E-state index is 3.33. The maximum Gasteiger partial charge on any atom is 0.0625 e. The van der Waals surface area contributed by atoms with Crippen LogP contribution in [0.3, 0.4) is 0 Å². The van der Waals surface area contributed by atoms with Crippen molar-refractivity contribution in [2.75, 3.05) is 6.54 Å². The van der Waals surface area contributed by atoms with E-state index in [1.807, 2.05) is 0 Å². The highest BCUT2D eigenvalue weighted by molar-refractivity contribution is 4.88. The van der Waals surface area contributed by atoms with Crippen LogP contribution in [0.25, 0.3) is 0 Å². The van der Waals surface area contributed by atoms with E-state index in [1.165, 1.54) is 0 Å². The summed E-state index contributed by atoms with van der Waals surface area (Å²) in [6.07, 6.45) is 0.456. The third-order valence-electron chi connectivity index (χ3n) is 1.57. The minimum atomic E-state index is 0.326. The molecule has 1 atom stereocenters. The Kier molecular flexibility index (Phi) is 1.78. The molecule has 2 nitrogen and oxygen atoms in total. The summed E-state index contributed by atoms with van der Waals surface area (Å²) in [5.41, 5.74) is 0.326. The summed E-state index contributed by atoms with van der Waals surface area (Å²) in [5.74, 6) is 0. The van der Waals surface area contributed by atoms with Gasteiger partial charge in [0, 0.05) is 13.1 Å². The summed E-state index contributed by atoms with van der Waals surface area (Å²) in [5, 5.41) is 6.59. The molecule has 2 heteroatoms. The normalized spacial score (nSPS) is 23.0. The maximum absolute atomic E-state index is 3.33. The molecule has 1 saturated heterocycles. The lowest BCUT2D eigenvalue weighted by Crippen LogP contribution is -2.42. The van der Waals surface area contributed by atoms with E-state index in [0.29, 0.717) is 11.6 Å². The molecule has 0 aromatic rings. The van der Waals surface area contributed by atoms with Crippen molar-refractivity contribution in [3.05, 3.63) is 6.54 Å². The number of hydrogen-bond acceptors (Lipinski definition) is 2. The molecule has 0 bridgehead atoms. The molecule has 0 saturated carbocycles. The highest BCUT2D eigenvalue weighted by Crippen LogP contribution is 2.18. The van der Waals surface area contributed by atoms with E-state index in [0.717, 1.165) is 6.54 Å². The predicted octanol–water partition coefficient (Wildman–Crippen LogP) is 0.713. The van der Waals surface area contributed by atoms with Gasteiger partial charge in [0.15, 0.2) is 0 Å². The fourth-order valence-electron chi connectivity index (χ4n) is 0.969. The van der Waals surface area contributed by atoms with E-state index in [4.69, 9.17) is 0 Å². The third-order valence-corrected chi connectivity index (χ3v) is 1.57. The number of rotatable bonds is 0. The Balaban J connectivity index is 2.42. The monoisotopic (exact) mass is 127 g/mol. The highest BCUT2D eigenvalue weighted by Gasteiger charge is 2.26. The summed E-state index contributed by atoms with van der Waals surface area (Å²) < 4.78 is 0. The molecule has 1 fully saturated rings. The average Bonchev–Trinajstić information content (AvgIpc) is 2.08. The smallest absolute Gasteiger partial charge is 0.0625 e. The zero-order valence-electron chi connectivity index (χ0n) is 6.36. The van der Waals surface area contributed by atoms with Crippen LogP contribution in [0.15, 0.2) is 0 Å². The standard InChI is InChI=1S/C7H15N2/c1-7(2,3)6-8-4-5-9-6/h4,6,8-9H,5H2,1-3H3. The highest BCUT2D eigenvalue weighted by atomic mass is 15.2. The molecule has 2 N–H and O–H groups in total. The number of nitrogens with one attached hydrogen (secondary N) is 2. The predicted molar refractivity (Wildman–Crippen MR) is 38.7 cm³/mol. The molecule has 0 spiro atoms. The molecule has 1 heterocycles. The van der Waals surface area contributed by atoms with E-state index in [2.05, 4.69) is 37.9 Å². The lowest BCUT2D eigenvalue weighted by molar-refractivity contribution is 0.275. The van der Waals surface area contributed by atoms with Crippen molar-refractivity contribution in [1.82, 2.24) is 10.6 Å². The Morgan fingerprint density at radius 2 is 2.11 bits per heavy atom. The zero-order valence-corrected chi connectivity index (χ0v) is 6.36. The van der Waals surface area contributed by atoms with Crippen LogP contribution in [0.5, 0.6) is 0 Å².